The molecule has 1 aromatic heterocycles. The van der Waals surface area contributed by atoms with Gasteiger partial charge in [0, 0.05) is 18.2 Å². The lowest BCUT2D eigenvalue weighted by Gasteiger charge is -1.95. The predicted molar refractivity (Wildman–Crippen MR) is 78.8 cm³/mol. The molecule has 1 heterocycles. The fraction of sp³-hybridized carbons (Fsp3) is 0.0769. The van der Waals surface area contributed by atoms with E-state index in [0.29, 0.717) is 12.1 Å². The average molecular weight is 300 g/mol. The van der Waals surface area contributed by atoms with E-state index < -0.39 is 10.8 Å². The van der Waals surface area contributed by atoms with E-state index in [4.69, 9.17) is 0 Å². The molecule has 2 aromatic rings. The number of benzene rings is 1. The van der Waals surface area contributed by atoms with Gasteiger partial charge >= 0.3 is 0 Å². The third-order valence-electron chi connectivity index (χ3n) is 2.49. The summed E-state index contributed by atoms with van der Waals surface area (Å²) in [6, 6.07) is 5.93. The van der Waals surface area contributed by atoms with Gasteiger partial charge in [0.2, 0.25) is 0 Å². The van der Waals surface area contributed by atoms with E-state index in [1.54, 1.807) is 12.1 Å². The molecule has 1 N–H and O–H groups in total. The quantitative estimate of drug-likeness (QED) is 0.373. The highest BCUT2D eigenvalue weighted by molar-refractivity contribution is 6.00. The number of nitro groups is 1. The normalized spacial score (nSPS) is 10.5. The molecular weight excluding hydrogens is 288 g/mol. The Bertz CT molecular complexity index is 737. The molecule has 1 aromatic carbocycles. The largest absolute Gasteiger partial charge is 0.288 e. The lowest BCUT2D eigenvalue weighted by molar-refractivity contribution is -0.384. The first-order valence-corrected chi connectivity index (χ1v) is 6.20. The monoisotopic (exact) mass is 300 g/mol. The summed E-state index contributed by atoms with van der Waals surface area (Å²) >= 11 is 0. The van der Waals surface area contributed by atoms with Gasteiger partial charge in [0.1, 0.15) is 0 Å². The van der Waals surface area contributed by atoms with Crippen LogP contribution in [0.1, 0.15) is 5.56 Å². The van der Waals surface area contributed by atoms with Crippen molar-refractivity contribution in [3.63, 3.8) is 0 Å². The molecule has 0 aliphatic heterocycles. The second-order valence-corrected chi connectivity index (χ2v) is 4.13. The van der Waals surface area contributed by atoms with Crippen LogP contribution in [0, 0.1) is 10.1 Å². The van der Waals surface area contributed by atoms with Gasteiger partial charge in [0.05, 0.1) is 11.5 Å². The van der Waals surface area contributed by atoms with Gasteiger partial charge < -0.3 is 0 Å². The van der Waals surface area contributed by atoms with Gasteiger partial charge in [-0.1, -0.05) is 23.3 Å². The van der Waals surface area contributed by atoms with E-state index >= 15 is 0 Å². The van der Waals surface area contributed by atoms with Crippen molar-refractivity contribution in [2.45, 2.75) is 6.54 Å². The van der Waals surface area contributed by atoms with Crippen molar-refractivity contribution in [3.05, 3.63) is 58.7 Å². The molecule has 1 amide bonds. The van der Waals surface area contributed by atoms with Crippen LogP contribution in [0.3, 0.4) is 0 Å². The van der Waals surface area contributed by atoms with Crippen molar-refractivity contribution < 1.29 is 9.72 Å². The van der Waals surface area contributed by atoms with Crippen molar-refractivity contribution in [2.24, 2.45) is 0 Å². The minimum absolute atomic E-state index is 0.0448. The van der Waals surface area contributed by atoms with Gasteiger partial charge in [-0.3, -0.25) is 20.2 Å². The summed E-state index contributed by atoms with van der Waals surface area (Å²) in [6.45, 7) is 3.91. The van der Waals surface area contributed by atoms with Crippen molar-refractivity contribution in [2.75, 3.05) is 5.32 Å². The molecule has 22 heavy (non-hydrogen) atoms. The molecular formula is C13H12N6O3. The number of nitro benzene ring substituents is 1. The summed E-state index contributed by atoms with van der Waals surface area (Å²) in [5.74, 6) is -0.403. The van der Waals surface area contributed by atoms with Crippen molar-refractivity contribution in [1.82, 2.24) is 20.2 Å². The van der Waals surface area contributed by atoms with Crippen LogP contribution in [0.4, 0.5) is 11.6 Å². The van der Waals surface area contributed by atoms with E-state index in [-0.39, 0.29) is 11.6 Å². The Balaban J connectivity index is 2.00. The molecule has 0 bridgehead atoms. The van der Waals surface area contributed by atoms with Crippen LogP contribution < -0.4 is 5.32 Å². The molecule has 0 saturated carbocycles. The van der Waals surface area contributed by atoms with Crippen LogP contribution in [-0.2, 0) is 11.3 Å². The van der Waals surface area contributed by atoms with Crippen LogP contribution in [0.15, 0.2) is 43.0 Å². The van der Waals surface area contributed by atoms with Crippen LogP contribution in [0.2, 0.25) is 0 Å². The minimum atomic E-state index is -0.501. The van der Waals surface area contributed by atoms with Crippen molar-refractivity contribution in [1.29, 1.82) is 0 Å². The number of allylic oxidation sites excluding steroid dienone is 1. The molecule has 9 heteroatoms. The number of anilines is 1. The van der Waals surface area contributed by atoms with Gasteiger partial charge in [0.25, 0.3) is 17.5 Å². The third kappa shape index (κ3) is 4.07. The molecule has 0 unspecified atom stereocenters. The lowest BCUT2D eigenvalue weighted by atomic mass is 10.2. The molecule has 2 rings (SSSR count). The maximum atomic E-state index is 11.7. The van der Waals surface area contributed by atoms with E-state index in [1.807, 2.05) is 0 Å². The Labute approximate surface area is 125 Å². The Hall–Kier alpha value is -3.36. The Kier molecular flexibility index (Phi) is 4.70. The molecule has 0 aliphatic carbocycles. The van der Waals surface area contributed by atoms with Crippen molar-refractivity contribution >= 4 is 23.6 Å². The number of rotatable bonds is 6. The summed E-state index contributed by atoms with van der Waals surface area (Å²) < 4.78 is 0. The summed E-state index contributed by atoms with van der Waals surface area (Å²) in [6.07, 6.45) is 4.28. The molecule has 9 nitrogen and oxygen atoms in total. The molecule has 0 spiro atoms. The third-order valence-corrected chi connectivity index (χ3v) is 2.49. The Morgan fingerprint density at radius 3 is 3.05 bits per heavy atom. The first-order chi connectivity index (χ1) is 10.6. The lowest BCUT2D eigenvalue weighted by Crippen LogP contribution is -2.09. The summed E-state index contributed by atoms with van der Waals surface area (Å²) in [5.41, 5.74) is 0.490. The first-order valence-electron chi connectivity index (χ1n) is 6.20. The van der Waals surface area contributed by atoms with Crippen LogP contribution in [-0.4, -0.2) is 31.0 Å². The van der Waals surface area contributed by atoms with E-state index in [2.05, 4.69) is 27.3 Å². The van der Waals surface area contributed by atoms with Gasteiger partial charge in [-0.2, -0.15) is 4.80 Å². The number of non-ortho nitro benzene ring substituents is 1. The fourth-order valence-corrected chi connectivity index (χ4v) is 1.55. The van der Waals surface area contributed by atoms with E-state index in [9.17, 15) is 14.9 Å². The number of hydrogen-bond acceptors (Lipinski definition) is 6. The Morgan fingerprint density at radius 2 is 2.32 bits per heavy atom. The van der Waals surface area contributed by atoms with Crippen molar-refractivity contribution in [3.8, 4) is 0 Å². The number of nitrogens with zero attached hydrogens (tertiary/aromatic N) is 5. The second-order valence-electron chi connectivity index (χ2n) is 4.13. The number of carbonyl (C=O) groups excluding carboxylic acids is 1. The Morgan fingerprint density at radius 1 is 1.50 bits per heavy atom. The minimum Gasteiger partial charge on any atom is -0.288 e. The molecule has 0 radical (unpaired) electrons. The standard InChI is InChI=1S/C13H12N6O3/c1-2-8-18-16-13(15-17-18)14-12(20)7-6-10-4-3-5-11(9-10)19(21)22/h2-7,9H,1,8H2,(H,14,16,20)/b7-6+. The highest BCUT2D eigenvalue weighted by Crippen LogP contribution is 2.14. The number of tetrazole rings is 1. The second kappa shape index (κ2) is 6.88. The average Bonchev–Trinajstić information content (AvgIpc) is 2.93. The number of nitrogens with one attached hydrogen (secondary N) is 1. The molecule has 0 atom stereocenters. The number of aromatic nitrogens is 4. The number of hydrogen-bond donors (Lipinski definition) is 1. The molecule has 0 fully saturated rings. The smallest absolute Gasteiger partial charge is 0.270 e. The fourth-order valence-electron chi connectivity index (χ4n) is 1.55. The zero-order chi connectivity index (χ0) is 15.9. The van der Waals surface area contributed by atoms with Gasteiger partial charge in [0.15, 0.2) is 0 Å². The van der Waals surface area contributed by atoms with Gasteiger partial charge in [-0.15, -0.1) is 11.7 Å². The van der Waals surface area contributed by atoms with E-state index in [1.165, 1.54) is 35.1 Å². The van der Waals surface area contributed by atoms with Crippen LogP contribution >= 0.6 is 0 Å². The van der Waals surface area contributed by atoms with Crippen LogP contribution in [0.25, 0.3) is 6.08 Å². The maximum absolute atomic E-state index is 11.7. The predicted octanol–water partition coefficient (Wildman–Crippen LogP) is 1.42. The number of amides is 1. The molecule has 112 valence electrons. The van der Waals surface area contributed by atoms with Gasteiger partial charge in [-0.25, -0.2) is 0 Å². The van der Waals surface area contributed by atoms with E-state index in [0.717, 1.165) is 0 Å². The molecule has 0 aliphatic rings. The zero-order valence-corrected chi connectivity index (χ0v) is 11.4. The summed E-state index contributed by atoms with van der Waals surface area (Å²) in [4.78, 5) is 23.1. The van der Waals surface area contributed by atoms with Crippen LogP contribution in [0.5, 0.6) is 0 Å². The summed E-state index contributed by atoms with van der Waals surface area (Å²) in [7, 11) is 0. The highest BCUT2D eigenvalue weighted by atomic mass is 16.6. The van der Waals surface area contributed by atoms with Gasteiger partial charge in [-0.05, 0) is 16.9 Å². The number of carbonyl (C=O) groups is 1. The SMILES string of the molecule is C=CCn1nnc(NC(=O)/C=C/c2cccc([N+](=O)[O-])c2)n1. The highest BCUT2D eigenvalue weighted by Gasteiger charge is 2.06. The maximum Gasteiger partial charge on any atom is 0.270 e. The topological polar surface area (TPSA) is 116 Å². The molecule has 0 saturated heterocycles. The zero-order valence-electron chi connectivity index (χ0n) is 11.4. The summed E-state index contributed by atoms with van der Waals surface area (Å²) in [5, 5.41) is 24.3. The first kappa shape index (κ1) is 15.0.